The van der Waals surface area contributed by atoms with Crippen LogP contribution in [0.2, 0.25) is 5.02 Å². The Morgan fingerprint density at radius 1 is 1.50 bits per heavy atom. The summed E-state index contributed by atoms with van der Waals surface area (Å²) in [6.07, 6.45) is 0.626. The van der Waals surface area contributed by atoms with Crippen LogP contribution in [-0.2, 0) is 4.79 Å². The first-order chi connectivity index (χ1) is 7.56. The molecule has 0 spiro atoms. The number of benzene rings is 1. The molecule has 4 heteroatoms. The summed E-state index contributed by atoms with van der Waals surface area (Å²) in [5.41, 5.74) is 6.54. The summed E-state index contributed by atoms with van der Waals surface area (Å²) in [6, 6.07) is 6.87. The van der Waals surface area contributed by atoms with E-state index in [1.807, 2.05) is 32.0 Å². The fraction of sp³-hybridized carbons (Fsp3) is 0.417. The second kappa shape index (κ2) is 5.87. The number of halogens is 1. The van der Waals surface area contributed by atoms with Crippen LogP contribution in [0.3, 0.4) is 0 Å². The van der Waals surface area contributed by atoms with Gasteiger partial charge in [0.25, 0.3) is 0 Å². The van der Waals surface area contributed by atoms with Crippen LogP contribution >= 0.6 is 11.6 Å². The van der Waals surface area contributed by atoms with Gasteiger partial charge in [-0.15, -0.1) is 0 Å². The summed E-state index contributed by atoms with van der Waals surface area (Å²) in [6.45, 7) is 3.77. The number of nitrogens with one attached hydrogen (secondary N) is 1. The molecule has 16 heavy (non-hydrogen) atoms. The van der Waals surface area contributed by atoms with Crippen molar-refractivity contribution in [3.63, 3.8) is 0 Å². The van der Waals surface area contributed by atoms with Crippen molar-refractivity contribution >= 4 is 17.5 Å². The van der Waals surface area contributed by atoms with Gasteiger partial charge in [-0.2, -0.15) is 0 Å². The van der Waals surface area contributed by atoms with Crippen LogP contribution in [0.5, 0.6) is 0 Å². The molecule has 1 rings (SSSR count). The Hall–Kier alpha value is -1.06. The highest BCUT2D eigenvalue weighted by Gasteiger charge is 2.16. The molecule has 3 N–H and O–H groups in total. The van der Waals surface area contributed by atoms with Crippen molar-refractivity contribution in [3.8, 4) is 0 Å². The zero-order chi connectivity index (χ0) is 12.1. The topological polar surface area (TPSA) is 55.1 Å². The van der Waals surface area contributed by atoms with Crippen LogP contribution in [0.25, 0.3) is 0 Å². The minimum atomic E-state index is -0.454. The summed E-state index contributed by atoms with van der Waals surface area (Å²) in [5.74, 6) is -0.144. The third kappa shape index (κ3) is 3.22. The monoisotopic (exact) mass is 240 g/mol. The van der Waals surface area contributed by atoms with E-state index in [-0.39, 0.29) is 11.9 Å². The van der Waals surface area contributed by atoms with E-state index in [0.717, 1.165) is 5.56 Å². The molecule has 1 unspecified atom stereocenters. The highest BCUT2D eigenvalue weighted by Crippen LogP contribution is 2.21. The highest BCUT2D eigenvalue weighted by molar-refractivity contribution is 6.31. The van der Waals surface area contributed by atoms with Gasteiger partial charge in [-0.05, 0) is 25.0 Å². The van der Waals surface area contributed by atoms with E-state index >= 15 is 0 Å². The van der Waals surface area contributed by atoms with Crippen LogP contribution in [-0.4, -0.2) is 11.9 Å². The van der Waals surface area contributed by atoms with E-state index in [9.17, 15) is 4.79 Å². The maximum Gasteiger partial charge on any atom is 0.237 e. The predicted molar refractivity (Wildman–Crippen MR) is 66.3 cm³/mol. The Morgan fingerprint density at radius 3 is 2.69 bits per heavy atom. The first-order valence-corrected chi connectivity index (χ1v) is 5.74. The van der Waals surface area contributed by atoms with Gasteiger partial charge in [-0.1, -0.05) is 36.7 Å². The second-order valence-electron chi connectivity index (χ2n) is 3.77. The van der Waals surface area contributed by atoms with Crippen molar-refractivity contribution in [2.75, 3.05) is 0 Å². The Morgan fingerprint density at radius 2 is 2.12 bits per heavy atom. The summed E-state index contributed by atoms with van der Waals surface area (Å²) >= 11 is 6.03. The zero-order valence-electron chi connectivity index (χ0n) is 9.53. The summed E-state index contributed by atoms with van der Waals surface area (Å²) in [5, 5.41) is 3.49. The van der Waals surface area contributed by atoms with E-state index in [1.165, 1.54) is 0 Å². The molecule has 0 aliphatic rings. The molecule has 0 radical (unpaired) electrons. The number of carbonyl (C=O) groups is 1. The van der Waals surface area contributed by atoms with Gasteiger partial charge in [0.15, 0.2) is 0 Å². The lowest BCUT2D eigenvalue weighted by atomic mass is 10.1. The molecule has 0 aliphatic heterocycles. The lowest BCUT2D eigenvalue weighted by Crippen LogP contribution is -2.41. The summed E-state index contributed by atoms with van der Waals surface area (Å²) in [4.78, 5) is 11.6. The number of rotatable bonds is 4. The molecular formula is C12H17ClN2O. The van der Waals surface area contributed by atoms with Crippen LogP contribution in [0.1, 0.15) is 31.9 Å². The molecule has 0 heterocycles. The molecule has 1 aromatic carbocycles. The normalized spacial score (nSPS) is 14.2. The lowest BCUT2D eigenvalue weighted by Gasteiger charge is -2.18. The molecule has 2 atom stereocenters. The molecule has 1 aromatic rings. The quantitative estimate of drug-likeness (QED) is 0.848. The molecule has 0 saturated heterocycles. The average Bonchev–Trinajstić information content (AvgIpc) is 2.28. The second-order valence-corrected chi connectivity index (χ2v) is 4.17. The van der Waals surface area contributed by atoms with E-state index < -0.39 is 6.04 Å². The van der Waals surface area contributed by atoms with E-state index in [0.29, 0.717) is 11.4 Å². The molecular weight excluding hydrogens is 224 g/mol. The average molecular weight is 241 g/mol. The Balaban J connectivity index is 2.69. The number of carbonyl (C=O) groups excluding carboxylic acids is 1. The maximum atomic E-state index is 11.6. The molecule has 1 amide bonds. The summed E-state index contributed by atoms with van der Waals surface area (Å²) in [7, 11) is 0. The number of amides is 1. The van der Waals surface area contributed by atoms with Gasteiger partial charge in [0.1, 0.15) is 0 Å². The van der Waals surface area contributed by atoms with Gasteiger partial charge < -0.3 is 11.1 Å². The van der Waals surface area contributed by atoms with Crippen LogP contribution in [0.15, 0.2) is 24.3 Å². The molecule has 0 saturated carbocycles. The van der Waals surface area contributed by atoms with E-state index in [1.54, 1.807) is 6.07 Å². The third-order valence-corrected chi connectivity index (χ3v) is 2.85. The number of hydrogen-bond acceptors (Lipinski definition) is 2. The maximum absolute atomic E-state index is 11.6. The molecule has 0 aromatic heterocycles. The Labute approximate surface area is 101 Å². The van der Waals surface area contributed by atoms with Gasteiger partial charge >= 0.3 is 0 Å². The molecule has 88 valence electrons. The van der Waals surface area contributed by atoms with Crippen LogP contribution in [0.4, 0.5) is 0 Å². The smallest absolute Gasteiger partial charge is 0.237 e. The van der Waals surface area contributed by atoms with Gasteiger partial charge in [0.2, 0.25) is 5.91 Å². The Bertz CT molecular complexity index is 368. The summed E-state index contributed by atoms with van der Waals surface area (Å²) < 4.78 is 0. The van der Waals surface area contributed by atoms with Crippen molar-refractivity contribution < 1.29 is 4.79 Å². The van der Waals surface area contributed by atoms with E-state index in [4.69, 9.17) is 17.3 Å². The lowest BCUT2D eigenvalue weighted by molar-refractivity contribution is -0.123. The predicted octanol–water partition coefficient (Wildman–Crippen LogP) is 2.25. The van der Waals surface area contributed by atoms with Gasteiger partial charge in [0.05, 0.1) is 12.1 Å². The van der Waals surface area contributed by atoms with Crippen molar-refractivity contribution in [2.24, 2.45) is 5.73 Å². The van der Waals surface area contributed by atoms with Crippen molar-refractivity contribution in [1.29, 1.82) is 0 Å². The van der Waals surface area contributed by atoms with Crippen molar-refractivity contribution in [2.45, 2.75) is 32.4 Å². The molecule has 0 aliphatic carbocycles. The fourth-order valence-corrected chi connectivity index (χ4v) is 1.71. The molecule has 3 nitrogen and oxygen atoms in total. The minimum absolute atomic E-state index is 0.126. The third-order valence-electron chi connectivity index (χ3n) is 2.51. The fourth-order valence-electron chi connectivity index (χ4n) is 1.41. The Kier molecular flexibility index (Phi) is 4.77. The molecule has 0 bridgehead atoms. The first-order valence-electron chi connectivity index (χ1n) is 5.36. The van der Waals surface area contributed by atoms with Crippen LogP contribution in [0, 0.1) is 0 Å². The van der Waals surface area contributed by atoms with Gasteiger partial charge in [-0.3, -0.25) is 4.79 Å². The standard InChI is InChI=1S/C12H17ClN2O/c1-3-11(14)12(16)15-8(2)9-6-4-5-7-10(9)13/h4-8,11H,3,14H2,1-2H3,(H,15,16)/t8?,11-/m1/s1. The van der Waals surface area contributed by atoms with Crippen LogP contribution < -0.4 is 11.1 Å². The van der Waals surface area contributed by atoms with Crippen molar-refractivity contribution in [3.05, 3.63) is 34.9 Å². The van der Waals surface area contributed by atoms with Gasteiger partial charge in [-0.25, -0.2) is 0 Å². The van der Waals surface area contributed by atoms with Crippen molar-refractivity contribution in [1.82, 2.24) is 5.32 Å². The number of hydrogen-bond donors (Lipinski definition) is 2. The van der Waals surface area contributed by atoms with E-state index in [2.05, 4.69) is 5.32 Å². The first kappa shape index (κ1) is 13.0. The zero-order valence-corrected chi connectivity index (χ0v) is 10.3. The minimum Gasteiger partial charge on any atom is -0.348 e. The molecule has 0 fully saturated rings. The number of nitrogens with two attached hydrogens (primary N) is 1. The highest BCUT2D eigenvalue weighted by atomic mass is 35.5. The largest absolute Gasteiger partial charge is 0.348 e. The SMILES string of the molecule is CC[C@@H](N)C(=O)NC(C)c1ccccc1Cl. The van der Waals surface area contributed by atoms with Gasteiger partial charge in [0, 0.05) is 5.02 Å².